The number of aliphatic hydroxyl groups is 1. The fourth-order valence-corrected chi connectivity index (χ4v) is 2.91. The molecule has 1 saturated carbocycles. The summed E-state index contributed by atoms with van der Waals surface area (Å²) in [5, 5.41) is 10.4. The SMILES string of the molecule is CC1CCC(C(O)c2ccc(Br)cn2)CC1C. The molecule has 4 unspecified atom stereocenters. The molecule has 2 rings (SSSR count). The van der Waals surface area contributed by atoms with Crippen LogP contribution in [0.2, 0.25) is 0 Å². The van der Waals surface area contributed by atoms with E-state index in [1.54, 1.807) is 6.20 Å². The van der Waals surface area contributed by atoms with Gasteiger partial charge in [-0.1, -0.05) is 20.3 Å². The normalized spacial score (nSPS) is 31.2. The fraction of sp³-hybridized carbons (Fsp3) is 0.643. The number of aliphatic hydroxyl groups excluding tert-OH is 1. The number of aromatic nitrogens is 1. The first-order valence-corrected chi connectivity index (χ1v) is 7.16. The molecule has 1 aromatic heterocycles. The average Bonchev–Trinajstić information content (AvgIpc) is 2.33. The van der Waals surface area contributed by atoms with Crippen LogP contribution in [0.3, 0.4) is 0 Å². The van der Waals surface area contributed by atoms with Crippen LogP contribution in [0.15, 0.2) is 22.8 Å². The monoisotopic (exact) mass is 297 g/mol. The minimum atomic E-state index is -0.405. The number of hydrogen-bond donors (Lipinski definition) is 1. The van der Waals surface area contributed by atoms with Crippen LogP contribution in [0, 0.1) is 17.8 Å². The van der Waals surface area contributed by atoms with Gasteiger partial charge in [0.15, 0.2) is 0 Å². The van der Waals surface area contributed by atoms with Gasteiger partial charge >= 0.3 is 0 Å². The molecular weight excluding hydrogens is 278 g/mol. The predicted octanol–water partition coefficient (Wildman–Crippen LogP) is 3.95. The smallest absolute Gasteiger partial charge is 0.0987 e. The van der Waals surface area contributed by atoms with E-state index in [2.05, 4.69) is 34.8 Å². The average molecular weight is 298 g/mol. The lowest BCUT2D eigenvalue weighted by molar-refractivity contribution is 0.0531. The lowest BCUT2D eigenvalue weighted by Crippen LogP contribution is -2.25. The van der Waals surface area contributed by atoms with Crippen molar-refractivity contribution >= 4 is 15.9 Å². The zero-order valence-corrected chi connectivity index (χ0v) is 12.0. The maximum absolute atomic E-state index is 10.4. The van der Waals surface area contributed by atoms with Crippen molar-refractivity contribution in [3.8, 4) is 0 Å². The van der Waals surface area contributed by atoms with Gasteiger partial charge in [-0.05, 0) is 58.7 Å². The summed E-state index contributed by atoms with van der Waals surface area (Å²) in [6, 6.07) is 3.86. The van der Waals surface area contributed by atoms with Crippen molar-refractivity contribution in [1.29, 1.82) is 0 Å². The summed E-state index contributed by atoms with van der Waals surface area (Å²) in [6.45, 7) is 4.60. The maximum Gasteiger partial charge on any atom is 0.0987 e. The Morgan fingerprint density at radius 1 is 1.29 bits per heavy atom. The molecule has 3 heteroatoms. The molecule has 0 saturated heterocycles. The molecule has 0 aromatic carbocycles. The van der Waals surface area contributed by atoms with Gasteiger partial charge in [0.1, 0.15) is 0 Å². The van der Waals surface area contributed by atoms with Crippen molar-refractivity contribution in [3.05, 3.63) is 28.5 Å². The quantitative estimate of drug-likeness (QED) is 0.897. The van der Waals surface area contributed by atoms with Gasteiger partial charge in [0.25, 0.3) is 0 Å². The molecule has 1 heterocycles. The predicted molar refractivity (Wildman–Crippen MR) is 72.6 cm³/mol. The fourth-order valence-electron chi connectivity index (χ4n) is 2.68. The Kier molecular flexibility index (Phi) is 4.21. The summed E-state index contributed by atoms with van der Waals surface area (Å²) in [5.41, 5.74) is 0.806. The van der Waals surface area contributed by atoms with Crippen molar-refractivity contribution in [3.63, 3.8) is 0 Å². The molecular formula is C14H20BrNO. The highest BCUT2D eigenvalue weighted by molar-refractivity contribution is 9.10. The lowest BCUT2D eigenvalue weighted by atomic mass is 9.73. The Bertz CT molecular complexity index is 365. The highest BCUT2D eigenvalue weighted by atomic mass is 79.9. The zero-order valence-electron chi connectivity index (χ0n) is 10.4. The van der Waals surface area contributed by atoms with Crippen LogP contribution in [-0.4, -0.2) is 10.1 Å². The molecule has 94 valence electrons. The van der Waals surface area contributed by atoms with Crippen molar-refractivity contribution < 1.29 is 5.11 Å². The largest absolute Gasteiger partial charge is 0.387 e. The first-order valence-electron chi connectivity index (χ1n) is 6.37. The number of pyridine rings is 1. The molecule has 1 aliphatic rings. The van der Waals surface area contributed by atoms with Crippen LogP contribution in [0.1, 0.15) is 44.9 Å². The molecule has 2 nitrogen and oxygen atoms in total. The van der Waals surface area contributed by atoms with Crippen LogP contribution < -0.4 is 0 Å². The molecule has 0 radical (unpaired) electrons. The molecule has 1 N–H and O–H groups in total. The second kappa shape index (κ2) is 5.49. The van der Waals surface area contributed by atoms with Crippen molar-refractivity contribution in [2.75, 3.05) is 0 Å². The third-order valence-corrected chi connectivity index (χ3v) is 4.61. The summed E-state index contributed by atoms with van der Waals surface area (Å²) < 4.78 is 0.957. The number of nitrogens with zero attached hydrogens (tertiary/aromatic N) is 1. The molecule has 0 amide bonds. The topological polar surface area (TPSA) is 33.1 Å². The van der Waals surface area contributed by atoms with Crippen molar-refractivity contribution in [2.45, 2.75) is 39.2 Å². The van der Waals surface area contributed by atoms with E-state index in [9.17, 15) is 5.11 Å². The molecule has 1 fully saturated rings. The first-order chi connectivity index (χ1) is 8.08. The minimum Gasteiger partial charge on any atom is -0.387 e. The summed E-state index contributed by atoms with van der Waals surface area (Å²) >= 11 is 3.36. The Labute approximate surface area is 112 Å². The highest BCUT2D eigenvalue weighted by Gasteiger charge is 2.30. The molecule has 1 aromatic rings. The standard InChI is InChI=1S/C14H20BrNO/c1-9-3-4-11(7-10(9)2)14(17)13-6-5-12(15)8-16-13/h5-6,8-11,14,17H,3-4,7H2,1-2H3. The summed E-state index contributed by atoms with van der Waals surface area (Å²) in [4.78, 5) is 4.30. The lowest BCUT2D eigenvalue weighted by Gasteiger charge is -2.34. The van der Waals surface area contributed by atoms with Gasteiger partial charge in [-0.15, -0.1) is 0 Å². The Morgan fingerprint density at radius 2 is 2.06 bits per heavy atom. The highest BCUT2D eigenvalue weighted by Crippen LogP contribution is 2.39. The first kappa shape index (κ1) is 13.0. The maximum atomic E-state index is 10.4. The Hall–Kier alpha value is -0.410. The van der Waals surface area contributed by atoms with Crippen LogP contribution in [0.5, 0.6) is 0 Å². The van der Waals surface area contributed by atoms with Gasteiger partial charge in [0.05, 0.1) is 11.8 Å². The van der Waals surface area contributed by atoms with Gasteiger partial charge in [-0.2, -0.15) is 0 Å². The van der Waals surface area contributed by atoms with Crippen LogP contribution in [0.25, 0.3) is 0 Å². The molecule has 17 heavy (non-hydrogen) atoms. The molecule has 4 atom stereocenters. The Balaban J connectivity index is 2.05. The van der Waals surface area contributed by atoms with Gasteiger partial charge in [-0.3, -0.25) is 4.98 Å². The van der Waals surface area contributed by atoms with Gasteiger partial charge in [0, 0.05) is 10.7 Å². The number of rotatable bonds is 2. The van der Waals surface area contributed by atoms with Gasteiger partial charge < -0.3 is 5.11 Å². The number of halogens is 1. The van der Waals surface area contributed by atoms with E-state index in [0.717, 1.165) is 28.9 Å². The molecule has 0 spiro atoms. The number of hydrogen-bond acceptors (Lipinski definition) is 2. The van der Waals surface area contributed by atoms with Crippen molar-refractivity contribution in [1.82, 2.24) is 4.98 Å². The summed E-state index contributed by atoms with van der Waals surface area (Å²) in [7, 11) is 0. The van der Waals surface area contributed by atoms with E-state index in [1.165, 1.54) is 6.42 Å². The summed E-state index contributed by atoms with van der Waals surface area (Å²) in [5.74, 6) is 1.87. The Morgan fingerprint density at radius 3 is 2.65 bits per heavy atom. The molecule has 1 aliphatic carbocycles. The molecule has 0 aliphatic heterocycles. The van der Waals surface area contributed by atoms with E-state index in [-0.39, 0.29) is 0 Å². The third-order valence-electron chi connectivity index (χ3n) is 4.14. The second-order valence-electron chi connectivity index (χ2n) is 5.37. The van der Waals surface area contributed by atoms with E-state index < -0.39 is 6.10 Å². The molecule has 0 bridgehead atoms. The minimum absolute atomic E-state index is 0.370. The van der Waals surface area contributed by atoms with Crippen molar-refractivity contribution in [2.24, 2.45) is 17.8 Å². The van der Waals surface area contributed by atoms with E-state index >= 15 is 0 Å². The van der Waals surface area contributed by atoms with E-state index in [1.807, 2.05) is 12.1 Å². The second-order valence-corrected chi connectivity index (χ2v) is 6.29. The van der Waals surface area contributed by atoms with Crippen LogP contribution >= 0.6 is 15.9 Å². The van der Waals surface area contributed by atoms with E-state index in [4.69, 9.17) is 0 Å². The van der Waals surface area contributed by atoms with Crippen LogP contribution in [-0.2, 0) is 0 Å². The van der Waals surface area contributed by atoms with Crippen LogP contribution in [0.4, 0.5) is 0 Å². The van der Waals surface area contributed by atoms with Gasteiger partial charge in [0.2, 0.25) is 0 Å². The zero-order chi connectivity index (χ0) is 12.4. The third kappa shape index (κ3) is 3.08. The van der Waals surface area contributed by atoms with E-state index in [0.29, 0.717) is 11.8 Å². The van der Waals surface area contributed by atoms with Gasteiger partial charge in [-0.25, -0.2) is 0 Å². The summed E-state index contributed by atoms with van der Waals surface area (Å²) in [6.07, 6.45) is 4.80.